The van der Waals surface area contributed by atoms with Crippen LogP contribution in [0.4, 0.5) is 0 Å². The van der Waals surface area contributed by atoms with E-state index < -0.39 is 0 Å². The van der Waals surface area contributed by atoms with E-state index in [4.69, 9.17) is 4.42 Å². The smallest absolute Gasteiger partial charge is 0.103 e. The molecule has 1 unspecified atom stereocenters. The highest BCUT2D eigenvalue weighted by Crippen LogP contribution is 2.20. The molecule has 0 amide bonds. The second kappa shape index (κ2) is 7.90. The molecule has 2 heterocycles. The van der Waals surface area contributed by atoms with Gasteiger partial charge in [-0.1, -0.05) is 13.8 Å². The van der Waals surface area contributed by atoms with Crippen LogP contribution in [0.3, 0.4) is 0 Å². The van der Waals surface area contributed by atoms with Crippen molar-refractivity contribution in [2.75, 3.05) is 6.54 Å². The van der Waals surface area contributed by atoms with Gasteiger partial charge in [0.05, 0.1) is 12.0 Å². The van der Waals surface area contributed by atoms with Crippen LogP contribution in [0.2, 0.25) is 0 Å². The Balaban J connectivity index is 2.03. The summed E-state index contributed by atoms with van der Waals surface area (Å²) in [6.07, 6.45) is 7.87. The first kappa shape index (κ1) is 14.9. The molecule has 0 radical (unpaired) electrons. The molecule has 0 bridgehead atoms. The molecular formula is C16H25N3O. The minimum atomic E-state index is 0.342. The first-order valence-electron chi connectivity index (χ1n) is 7.62. The topological polar surface area (TPSA) is 43.0 Å². The first-order chi connectivity index (χ1) is 9.85. The highest BCUT2D eigenvalue weighted by molar-refractivity contribution is 5.08. The maximum absolute atomic E-state index is 5.43. The van der Waals surface area contributed by atoms with Gasteiger partial charge < -0.3 is 9.73 Å². The van der Waals surface area contributed by atoms with Crippen molar-refractivity contribution in [1.82, 2.24) is 15.1 Å². The summed E-state index contributed by atoms with van der Waals surface area (Å²) < 4.78 is 7.55. The van der Waals surface area contributed by atoms with Gasteiger partial charge >= 0.3 is 0 Å². The summed E-state index contributed by atoms with van der Waals surface area (Å²) in [6.45, 7) is 6.39. The van der Waals surface area contributed by atoms with E-state index in [0.29, 0.717) is 6.04 Å². The molecule has 0 saturated carbocycles. The van der Waals surface area contributed by atoms with E-state index in [1.165, 1.54) is 5.69 Å². The molecule has 0 aliphatic carbocycles. The van der Waals surface area contributed by atoms with Crippen LogP contribution in [0.25, 0.3) is 0 Å². The van der Waals surface area contributed by atoms with Gasteiger partial charge in [-0.25, -0.2) is 0 Å². The van der Waals surface area contributed by atoms with Gasteiger partial charge in [0.15, 0.2) is 0 Å². The summed E-state index contributed by atoms with van der Waals surface area (Å²) in [6, 6.07) is 6.46. The Morgan fingerprint density at radius 2 is 2.20 bits per heavy atom. The van der Waals surface area contributed by atoms with Gasteiger partial charge in [-0.05, 0) is 44.0 Å². The Morgan fingerprint density at radius 1 is 1.30 bits per heavy atom. The molecule has 2 rings (SSSR count). The molecule has 0 fully saturated rings. The molecule has 0 saturated heterocycles. The third-order valence-corrected chi connectivity index (χ3v) is 3.44. The number of nitrogens with zero attached hydrogens (tertiary/aromatic N) is 2. The molecule has 0 spiro atoms. The number of aromatic nitrogens is 2. The Bertz CT molecular complexity index is 476. The van der Waals surface area contributed by atoms with Gasteiger partial charge in [-0.3, -0.25) is 4.68 Å². The summed E-state index contributed by atoms with van der Waals surface area (Å²) in [5.74, 6) is 1.05. The second-order valence-corrected chi connectivity index (χ2v) is 5.10. The summed E-state index contributed by atoms with van der Waals surface area (Å²) in [5.41, 5.74) is 1.28. The van der Waals surface area contributed by atoms with Crippen molar-refractivity contribution in [2.45, 2.75) is 52.1 Å². The summed E-state index contributed by atoms with van der Waals surface area (Å²) in [5, 5.41) is 8.06. The van der Waals surface area contributed by atoms with E-state index in [1.807, 2.05) is 18.3 Å². The molecular weight excluding hydrogens is 250 g/mol. The molecule has 1 N–H and O–H groups in total. The minimum Gasteiger partial charge on any atom is -0.469 e. The Hall–Kier alpha value is -1.55. The van der Waals surface area contributed by atoms with E-state index >= 15 is 0 Å². The lowest BCUT2D eigenvalue weighted by Crippen LogP contribution is -2.25. The Morgan fingerprint density at radius 3 is 2.90 bits per heavy atom. The summed E-state index contributed by atoms with van der Waals surface area (Å²) >= 11 is 0. The molecule has 20 heavy (non-hydrogen) atoms. The van der Waals surface area contributed by atoms with Gasteiger partial charge in [0.1, 0.15) is 5.76 Å². The van der Waals surface area contributed by atoms with E-state index in [0.717, 1.165) is 44.5 Å². The van der Waals surface area contributed by atoms with Crippen LogP contribution in [-0.4, -0.2) is 16.3 Å². The molecule has 0 aromatic carbocycles. The molecule has 2 aromatic rings. The third kappa shape index (κ3) is 3.97. The predicted molar refractivity (Wildman–Crippen MR) is 80.6 cm³/mol. The number of furan rings is 1. The van der Waals surface area contributed by atoms with E-state index in [9.17, 15) is 0 Å². The average molecular weight is 275 g/mol. The quantitative estimate of drug-likeness (QED) is 0.761. The predicted octanol–water partition coefficient (Wildman–Crippen LogP) is 3.56. The average Bonchev–Trinajstić information content (AvgIpc) is 3.11. The van der Waals surface area contributed by atoms with Crippen LogP contribution < -0.4 is 5.32 Å². The number of aryl methyl sites for hydroxylation is 2. The van der Waals surface area contributed by atoms with Crippen molar-refractivity contribution in [3.63, 3.8) is 0 Å². The van der Waals surface area contributed by atoms with Crippen molar-refractivity contribution in [3.05, 3.63) is 42.1 Å². The molecule has 4 nitrogen and oxygen atoms in total. The second-order valence-electron chi connectivity index (χ2n) is 5.10. The van der Waals surface area contributed by atoms with Gasteiger partial charge in [0.25, 0.3) is 0 Å². The zero-order valence-electron chi connectivity index (χ0n) is 12.5. The SMILES string of the molecule is CCCNC(CCc1ccco1)c1ccnn1CCC. The normalized spacial score (nSPS) is 12.7. The monoisotopic (exact) mass is 275 g/mol. The lowest BCUT2D eigenvalue weighted by Gasteiger charge is -2.19. The minimum absolute atomic E-state index is 0.342. The van der Waals surface area contributed by atoms with E-state index in [-0.39, 0.29) is 0 Å². The van der Waals surface area contributed by atoms with Crippen LogP contribution in [-0.2, 0) is 13.0 Å². The van der Waals surface area contributed by atoms with Crippen molar-refractivity contribution in [2.24, 2.45) is 0 Å². The van der Waals surface area contributed by atoms with Crippen molar-refractivity contribution >= 4 is 0 Å². The molecule has 0 aliphatic heterocycles. The van der Waals surface area contributed by atoms with Crippen molar-refractivity contribution in [3.8, 4) is 0 Å². The molecule has 4 heteroatoms. The maximum Gasteiger partial charge on any atom is 0.103 e. The Kier molecular flexibility index (Phi) is 5.87. The van der Waals surface area contributed by atoms with Gasteiger partial charge in [0, 0.05) is 25.2 Å². The van der Waals surface area contributed by atoms with Crippen molar-refractivity contribution < 1.29 is 4.42 Å². The number of hydrogen-bond donors (Lipinski definition) is 1. The third-order valence-electron chi connectivity index (χ3n) is 3.44. The standard InChI is InChI=1S/C16H25N3O/c1-3-10-17-15(8-7-14-6-5-13-20-14)16-9-11-18-19(16)12-4-2/h5-6,9,11,13,15,17H,3-4,7-8,10,12H2,1-2H3. The largest absolute Gasteiger partial charge is 0.469 e. The van der Waals surface area contributed by atoms with Gasteiger partial charge in [-0.2, -0.15) is 5.10 Å². The fourth-order valence-electron chi connectivity index (χ4n) is 2.45. The summed E-state index contributed by atoms with van der Waals surface area (Å²) in [4.78, 5) is 0. The zero-order chi connectivity index (χ0) is 14.2. The zero-order valence-corrected chi connectivity index (χ0v) is 12.5. The highest BCUT2D eigenvalue weighted by atomic mass is 16.3. The fraction of sp³-hybridized carbons (Fsp3) is 0.562. The van der Waals surface area contributed by atoms with Crippen LogP contribution >= 0.6 is 0 Å². The van der Waals surface area contributed by atoms with Crippen LogP contribution in [0.1, 0.15) is 50.6 Å². The van der Waals surface area contributed by atoms with E-state index in [1.54, 1.807) is 6.26 Å². The van der Waals surface area contributed by atoms with E-state index in [2.05, 4.69) is 35.0 Å². The lowest BCUT2D eigenvalue weighted by molar-refractivity contribution is 0.425. The number of rotatable bonds is 9. The maximum atomic E-state index is 5.43. The highest BCUT2D eigenvalue weighted by Gasteiger charge is 2.15. The van der Waals surface area contributed by atoms with Crippen LogP contribution in [0, 0.1) is 0 Å². The molecule has 2 aromatic heterocycles. The lowest BCUT2D eigenvalue weighted by atomic mass is 10.1. The molecule has 110 valence electrons. The number of nitrogens with one attached hydrogen (secondary N) is 1. The van der Waals surface area contributed by atoms with Gasteiger partial charge in [0.2, 0.25) is 0 Å². The Labute approximate surface area is 121 Å². The summed E-state index contributed by atoms with van der Waals surface area (Å²) in [7, 11) is 0. The van der Waals surface area contributed by atoms with Gasteiger partial charge in [-0.15, -0.1) is 0 Å². The van der Waals surface area contributed by atoms with Crippen LogP contribution in [0.5, 0.6) is 0 Å². The van der Waals surface area contributed by atoms with Crippen molar-refractivity contribution in [1.29, 1.82) is 0 Å². The molecule has 0 aliphatic rings. The fourth-order valence-corrected chi connectivity index (χ4v) is 2.45. The number of hydrogen-bond acceptors (Lipinski definition) is 3. The first-order valence-corrected chi connectivity index (χ1v) is 7.62. The van der Waals surface area contributed by atoms with Crippen LogP contribution in [0.15, 0.2) is 35.1 Å². The molecule has 1 atom stereocenters.